The predicted octanol–water partition coefficient (Wildman–Crippen LogP) is 3.24. The summed E-state index contributed by atoms with van der Waals surface area (Å²) in [5, 5.41) is 0. The summed E-state index contributed by atoms with van der Waals surface area (Å²) in [4.78, 5) is 25.4. The lowest BCUT2D eigenvalue weighted by molar-refractivity contribution is -0.137. The Balaban J connectivity index is 0.000000231. The topological polar surface area (TPSA) is 49.9 Å². The van der Waals surface area contributed by atoms with Crippen LogP contribution in [0.3, 0.4) is 0 Å². The standard InChI is InChI=1S/C9H17NO2.C9H17NO/c1-9(2,3)7-5-10(6-7)8(11)12-4;1-7(11)10-5-8(6-10)9(2,3)4/h7H,5-6H2,1-4H3;8H,5-6H2,1-4H3. The Kier molecular flexibility index (Phi) is 6.11. The molecule has 2 fully saturated rings. The van der Waals surface area contributed by atoms with E-state index in [9.17, 15) is 9.59 Å². The zero-order chi connectivity index (χ0) is 18.0. The predicted molar refractivity (Wildman–Crippen MR) is 92.1 cm³/mol. The Morgan fingerprint density at radius 1 is 0.826 bits per heavy atom. The van der Waals surface area contributed by atoms with Gasteiger partial charge in [-0.3, -0.25) is 4.79 Å². The van der Waals surface area contributed by atoms with Crippen LogP contribution >= 0.6 is 0 Å². The molecular formula is C18H34N2O3. The van der Waals surface area contributed by atoms with Crippen LogP contribution in [0.15, 0.2) is 0 Å². The first kappa shape index (κ1) is 19.8. The molecule has 2 amide bonds. The van der Waals surface area contributed by atoms with Crippen LogP contribution < -0.4 is 0 Å². The number of methoxy groups -OCH3 is 1. The summed E-state index contributed by atoms with van der Waals surface area (Å²) in [6, 6.07) is 0. The van der Waals surface area contributed by atoms with E-state index >= 15 is 0 Å². The van der Waals surface area contributed by atoms with Gasteiger partial charge >= 0.3 is 6.09 Å². The van der Waals surface area contributed by atoms with Crippen molar-refractivity contribution in [1.29, 1.82) is 0 Å². The molecule has 2 rings (SSSR count). The van der Waals surface area contributed by atoms with E-state index in [1.807, 2.05) is 4.90 Å². The molecule has 0 aromatic heterocycles. The van der Waals surface area contributed by atoms with Crippen molar-refractivity contribution in [3.8, 4) is 0 Å². The van der Waals surface area contributed by atoms with Gasteiger partial charge in [-0.05, 0) is 22.7 Å². The van der Waals surface area contributed by atoms with Gasteiger partial charge in [-0.25, -0.2) is 4.79 Å². The number of hydrogen-bond donors (Lipinski definition) is 0. The molecule has 5 heteroatoms. The molecule has 2 saturated heterocycles. The van der Waals surface area contributed by atoms with Crippen LogP contribution in [0.5, 0.6) is 0 Å². The smallest absolute Gasteiger partial charge is 0.409 e. The molecule has 0 aromatic rings. The molecule has 5 nitrogen and oxygen atoms in total. The summed E-state index contributed by atoms with van der Waals surface area (Å²) in [5.41, 5.74) is 0.677. The van der Waals surface area contributed by atoms with Gasteiger partial charge in [-0.2, -0.15) is 0 Å². The van der Waals surface area contributed by atoms with Gasteiger partial charge in [0.05, 0.1) is 7.11 Å². The van der Waals surface area contributed by atoms with Crippen LogP contribution in [0.1, 0.15) is 48.5 Å². The van der Waals surface area contributed by atoms with Crippen LogP contribution in [-0.2, 0) is 9.53 Å². The molecule has 0 spiro atoms. The van der Waals surface area contributed by atoms with E-state index in [2.05, 4.69) is 46.3 Å². The number of ether oxygens (including phenoxy) is 1. The molecule has 23 heavy (non-hydrogen) atoms. The number of nitrogens with zero attached hydrogens (tertiary/aromatic N) is 2. The van der Waals surface area contributed by atoms with E-state index in [1.54, 1.807) is 11.8 Å². The third-order valence-corrected chi connectivity index (χ3v) is 5.09. The second kappa shape index (κ2) is 7.10. The van der Waals surface area contributed by atoms with Gasteiger partial charge in [-0.15, -0.1) is 0 Å². The maximum atomic E-state index is 11.0. The van der Waals surface area contributed by atoms with Gasteiger partial charge in [0.2, 0.25) is 5.91 Å². The summed E-state index contributed by atoms with van der Waals surface area (Å²) < 4.78 is 4.60. The normalized spacial score (nSPS) is 19.3. The molecule has 0 aromatic carbocycles. The van der Waals surface area contributed by atoms with E-state index in [0.717, 1.165) is 26.2 Å². The average molecular weight is 326 g/mol. The molecule has 134 valence electrons. The van der Waals surface area contributed by atoms with E-state index < -0.39 is 0 Å². The van der Waals surface area contributed by atoms with E-state index in [-0.39, 0.29) is 12.0 Å². The molecule has 0 N–H and O–H groups in total. The number of rotatable bonds is 0. The molecule has 0 aliphatic carbocycles. The first-order valence-electron chi connectivity index (χ1n) is 8.44. The van der Waals surface area contributed by atoms with Gasteiger partial charge in [0.1, 0.15) is 0 Å². The summed E-state index contributed by atoms with van der Waals surface area (Å²) in [5.74, 6) is 1.54. The largest absolute Gasteiger partial charge is 0.453 e. The molecule has 0 atom stereocenters. The summed E-state index contributed by atoms with van der Waals surface area (Å²) in [7, 11) is 1.42. The minimum atomic E-state index is -0.199. The number of likely N-dealkylation sites (tertiary alicyclic amines) is 2. The molecular weight excluding hydrogens is 292 g/mol. The molecule has 0 unspecified atom stereocenters. The van der Waals surface area contributed by atoms with Crippen molar-refractivity contribution in [2.75, 3.05) is 33.3 Å². The van der Waals surface area contributed by atoms with Crippen LogP contribution in [-0.4, -0.2) is 55.1 Å². The van der Waals surface area contributed by atoms with Gasteiger partial charge in [0.25, 0.3) is 0 Å². The maximum Gasteiger partial charge on any atom is 0.409 e. The molecule has 2 aliphatic heterocycles. The Hall–Kier alpha value is -1.26. The zero-order valence-electron chi connectivity index (χ0n) is 16.1. The molecule has 0 radical (unpaired) electrons. The Bertz CT molecular complexity index is 423. The molecule has 2 heterocycles. The first-order chi connectivity index (χ1) is 10.4. The van der Waals surface area contributed by atoms with Crippen LogP contribution in [0, 0.1) is 22.7 Å². The highest BCUT2D eigenvalue weighted by Crippen LogP contribution is 2.34. The highest BCUT2D eigenvalue weighted by Gasteiger charge is 2.38. The highest BCUT2D eigenvalue weighted by atomic mass is 16.5. The zero-order valence-corrected chi connectivity index (χ0v) is 16.1. The number of amides is 2. The van der Waals surface area contributed by atoms with Crippen molar-refractivity contribution >= 4 is 12.0 Å². The van der Waals surface area contributed by atoms with E-state index in [0.29, 0.717) is 22.7 Å². The second-order valence-corrected chi connectivity index (χ2v) is 8.92. The summed E-state index contributed by atoms with van der Waals surface area (Å²) >= 11 is 0. The fourth-order valence-electron chi connectivity index (χ4n) is 2.59. The third-order valence-electron chi connectivity index (χ3n) is 5.09. The van der Waals surface area contributed by atoms with Crippen LogP contribution in [0.2, 0.25) is 0 Å². The quantitative estimate of drug-likeness (QED) is 0.686. The second-order valence-electron chi connectivity index (χ2n) is 8.92. The summed E-state index contributed by atoms with van der Waals surface area (Å²) in [6.45, 7) is 18.5. The summed E-state index contributed by atoms with van der Waals surface area (Å²) in [6.07, 6.45) is -0.199. The molecule has 2 aliphatic rings. The Morgan fingerprint density at radius 2 is 1.17 bits per heavy atom. The van der Waals surface area contributed by atoms with Gasteiger partial charge in [-0.1, -0.05) is 41.5 Å². The highest BCUT2D eigenvalue weighted by molar-refractivity contribution is 5.74. The number of hydrogen-bond acceptors (Lipinski definition) is 3. The SMILES string of the molecule is CC(=O)N1CC(C(C)(C)C)C1.COC(=O)N1CC(C(C)(C)C)C1. The van der Waals surface area contributed by atoms with Gasteiger partial charge < -0.3 is 14.5 Å². The lowest BCUT2D eigenvalue weighted by Gasteiger charge is -2.45. The molecule has 0 bridgehead atoms. The van der Waals surface area contributed by atoms with Gasteiger partial charge in [0.15, 0.2) is 0 Å². The van der Waals surface area contributed by atoms with Crippen LogP contribution in [0.25, 0.3) is 0 Å². The molecule has 0 saturated carbocycles. The third kappa shape index (κ3) is 5.40. The Morgan fingerprint density at radius 3 is 1.43 bits per heavy atom. The van der Waals surface area contributed by atoms with E-state index in [4.69, 9.17) is 0 Å². The van der Waals surface area contributed by atoms with Crippen molar-refractivity contribution in [1.82, 2.24) is 9.80 Å². The number of carbonyl (C=O) groups excluding carboxylic acids is 2. The fraction of sp³-hybridized carbons (Fsp3) is 0.889. The van der Waals surface area contributed by atoms with Crippen molar-refractivity contribution in [3.05, 3.63) is 0 Å². The van der Waals surface area contributed by atoms with Crippen molar-refractivity contribution in [3.63, 3.8) is 0 Å². The lowest BCUT2D eigenvalue weighted by Crippen LogP contribution is -2.54. The van der Waals surface area contributed by atoms with E-state index in [1.165, 1.54) is 7.11 Å². The van der Waals surface area contributed by atoms with Crippen molar-refractivity contribution in [2.45, 2.75) is 48.5 Å². The van der Waals surface area contributed by atoms with Crippen molar-refractivity contribution < 1.29 is 14.3 Å². The van der Waals surface area contributed by atoms with Crippen molar-refractivity contribution in [2.24, 2.45) is 22.7 Å². The van der Waals surface area contributed by atoms with Crippen LogP contribution in [0.4, 0.5) is 4.79 Å². The Labute approximate surface area is 141 Å². The average Bonchev–Trinajstić information content (AvgIpc) is 2.20. The first-order valence-corrected chi connectivity index (χ1v) is 8.44. The fourth-order valence-corrected chi connectivity index (χ4v) is 2.59. The lowest BCUT2D eigenvalue weighted by atomic mass is 9.76. The van der Waals surface area contributed by atoms with Gasteiger partial charge in [0, 0.05) is 33.1 Å². The monoisotopic (exact) mass is 326 g/mol. The minimum absolute atomic E-state index is 0.199. The number of carbonyl (C=O) groups is 2. The maximum absolute atomic E-state index is 11.0. The minimum Gasteiger partial charge on any atom is -0.453 e.